The molecule has 0 saturated carbocycles. The molecule has 76 heavy (non-hydrogen) atoms. The van der Waals surface area contributed by atoms with E-state index in [1.165, 1.54) is 22.7 Å². The van der Waals surface area contributed by atoms with Crippen LogP contribution in [0.1, 0.15) is 111 Å². The first-order chi connectivity index (χ1) is 36.1. The minimum atomic E-state index is -0.848. The van der Waals surface area contributed by atoms with E-state index in [0.29, 0.717) is 24.0 Å². The molecule has 2 aliphatic rings. The average Bonchev–Trinajstić information content (AvgIpc) is 4.27. The molecule has 8 atom stereocenters. The van der Waals surface area contributed by atoms with Crippen molar-refractivity contribution in [3.8, 4) is 22.5 Å². The lowest BCUT2D eigenvalue weighted by molar-refractivity contribution is -0.140. The largest absolute Gasteiger partial charge is 0.347 e. The summed E-state index contributed by atoms with van der Waals surface area (Å²) in [5.41, 5.74) is 3.07. The van der Waals surface area contributed by atoms with E-state index >= 15 is 0 Å². The summed E-state index contributed by atoms with van der Waals surface area (Å²) in [5.74, 6) is -1.71. The lowest BCUT2D eigenvalue weighted by Gasteiger charge is -2.36. The quantitative estimate of drug-likeness (QED) is 0.0563. The molecule has 6 N–H and O–H groups in total. The lowest BCUT2D eigenvalue weighted by atomic mass is 9.85. The second-order valence-electron chi connectivity index (χ2n) is 22.1. The van der Waals surface area contributed by atoms with Crippen LogP contribution in [-0.4, -0.2) is 119 Å². The molecule has 2 fully saturated rings. The summed E-state index contributed by atoms with van der Waals surface area (Å²) in [6.07, 6.45) is 0.831. The topological polar surface area (TPSA) is 207 Å². The van der Waals surface area contributed by atoms with Crippen LogP contribution in [0.5, 0.6) is 0 Å². The molecule has 4 aromatic carbocycles. The van der Waals surface area contributed by atoms with Crippen molar-refractivity contribution in [2.45, 2.75) is 117 Å². The molecule has 0 radical (unpaired) electrons. The number of carbonyl (C=O) groups excluding carboxylic acids is 6. The number of fused-ring (bicyclic) bond motifs is 1. The van der Waals surface area contributed by atoms with Crippen LogP contribution in [0.3, 0.4) is 0 Å². The first-order valence-corrected chi connectivity index (χ1v) is 27.6. The number of hydrogen-bond donors (Lipinski definition) is 6. The molecule has 16 nitrogen and oxygen atoms in total. The van der Waals surface area contributed by atoms with Gasteiger partial charge in [-0.2, -0.15) is 0 Å². The third-order valence-corrected chi connectivity index (χ3v) is 16.3. The second-order valence-corrected chi connectivity index (χ2v) is 23.9. The molecule has 0 bridgehead atoms. The second kappa shape index (κ2) is 23.2. The molecule has 0 spiro atoms. The Balaban J connectivity index is 0.986. The van der Waals surface area contributed by atoms with Crippen molar-refractivity contribution in [2.24, 2.45) is 10.8 Å². The minimum Gasteiger partial charge on any atom is -0.347 e. The lowest BCUT2D eigenvalue weighted by Crippen LogP contribution is -2.57. The van der Waals surface area contributed by atoms with Gasteiger partial charge in [0.15, 0.2) is 0 Å². The van der Waals surface area contributed by atoms with Crippen molar-refractivity contribution in [1.29, 1.82) is 0 Å². The Morgan fingerprint density at radius 3 is 1.26 bits per heavy atom. The van der Waals surface area contributed by atoms with Crippen LogP contribution < -0.4 is 31.9 Å². The molecule has 18 heteroatoms. The number of likely N-dealkylation sites (N-methyl/N-ethyl adjacent to an activating group) is 2. The van der Waals surface area contributed by atoms with Gasteiger partial charge in [0, 0.05) is 58.2 Å². The number of benzene rings is 4. The summed E-state index contributed by atoms with van der Waals surface area (Å²) in [7, 11) is 3.39. The van der Waals surface area contributed by atoms with Crippen LogP contribution in [0.25, 0.3) is 33.3 Å². The number of likely N-dealkylation sites (tertiary alicyclic amines) is 2. The normalized spacial score (nSPS) is 19.4. The Morgan fingerprint density at radius 1 is 0.553 bits per heavy atom. The molecule has 6 amide bonds. The van der Waals surface area contributed by atoms with Crippen molar-refractivity contribution in [3.63, 3.8) is 0 Å². The fraction of sp³-hybridized carbons (Fsp3) is 0.414. The summed E-state index contributed by atoms with van der Waals surface area (Å²) in [6.45, 7) is 15.4. The maximum Gasteiger partial charge on any atom is 0.251 e. The summed E-state index contributed by atoms with van der Waals surface area (Å²) in [6, 6.07) is 25.8. The highest BCUT2D eigenvalue weighted by atomic mass is 32.1. The van der Waals surface area contributed by atoms with Crippen molar-refractivity contribution in [1.82, 2.24) is 51.7 Å². The Bertz CT molecular complexity index is 2870. The highest BCUT2D eigenvalue weighted by Crippen LogP contribution is 2.40. The SMILES string of the molecule is CN[C@@H](C)C(=O)N[C@H](C(=O)N1C[C@@H](NC(=O)c2ccc3cc(C(=O)N[C@H]4C[C@@H](c5nc(-c6ccccc6)cs5)N(C(=O)[C@@H](NC(=O)[C@H](C)NC)C(C)(C)C)C4)ccc3c2)C[C@H]1c1nc(-c2ccccc2)cs1)C(C)(C)C. The number of hydrogen-bond acceptors (Lipinski definition) is 12. The maximum absolute atomic E-state index is 14.7. The van der Waals surface area contributed by atoms with Gasteiger partial charge < -0.3 is 41.7 Å². The number of nitrogens with zero attached hydrogens (tertiary/aromatic N) is 4. The van der Waals surface area contributed by atoms with Crippen LogP contribution in [0.4, 0.5) is 0 Å². The summed E-state index contributed by atoms with van der Waals surface area (Å²) in [4.78, 5) is 97.5. The molecule has 6 aromatic rings. The van der Waals surface area contributed by atoms with Gasteiger partial charge in [0.05, 0.1) is 35.6 Å². The van der Waals surface area contributed by atoms with Crippen LogP contribution >= 0.6 is 22.7 Å². The maximum atomic E-state index is 14.7. The summed E-state index contributed by atoms with van der Waals surface area (Å²) < 4.78 is 0. The van der Waals surface area contributed by atoms with Crippen molar-refractivity contribution in [3.05, 3.63) is 129 Å². The van der Waals surface area contributed by atoms with Crippen molar-refractivity contribution >= 4 is 68.9 Å². The van der Waals surface area contributed by atoms with Gasteiger partial charge in [0.2, 0.25) is 23.6 Å². The molecular formula is C58H70N10O6S2. The molecule has 2 saturated heterocycles. The number of thiazole rings is 2. The Morgan fingerprint density at radius 2 is 0.921 bits per heavy atom. The van der Waals surface area contributed by atoms with Crippen LogP contribution in [0, 0.1) is 10.8 Å². The van der Waals surface area contributed by atoms with Gasteiger partial charge in [-0.15, -0.1) is 22.7 Å². The van der Waals surface area contributed by atoms with E-state index in [4.69, 9.17) is 9.97 Å². The zero-order valence-electron chi connectivity index (χ0n) is 44.9. The van der Waals surface area contributed by atoms with Gasteiger partial charge in [-0.25, -0.2) is 9.97 Å². The highest BCUT2D eigenvalue weighted by Gasteiger charge is 2.46. The van der Waals surface area contributed by atoms with Crippen LogP contribution in [-0.2, 0) is 19.2 Å². The summed E-state index contributed by atoms with van der Waals surface area (Å²) >= 11 is 2.93. The molecule has 0 aliphatic carbocycles. The van der Waals surface area contributed by atoms with Gasteiger partial charge in [-0.05, 0) is 86.7 Å². The standard InChI is InChI=1S/C58H70N10O6S2/c1-33(59-9)49(69)65-47(57(3,4)5)55(73)67-29-41(27-45(67)53-63-43(31-75-53)35-17-13-11-14-18-35)61-51(71)39-23-21-38-26-40(24-22-37(38)25-39)52(72)62-42-28-46(54-64-44(32-76-54)36-19-15-12-16-20-36)68(30-42)56(74)48(58(6,7)8)66-50(70)34(2)60-10/h11-26,31-34,41-42,45-48,59-60H,27-30H2,1-10H3,(H,61,71)(H,62,72)(H,65,69)(H,66,70)/t33-,34-,41-,42-,45-,46-,47+,48+/m0/s1. The fourth-order valence-electron chi connectivity index (χ4n) is 9.69. The smallest absolute Gasteiger partial charge is 0.251 e. The van der Waals surface area contributed by atoms with Gasteiger partial charge in [0.1, 0.15) is 22.1 Å². The van der Waals surface area contributed by atoms with Crippen molar-refractivity contribution in [2.75, 3.05) is 27.2 Å². The van der Waals surface area contributed by atoms with E-state index in [1.807, 2.05) is 125 Å². The minimum absolute atomic E-state index is 0.210. The zero-order chi connectivity index (χ0) is 54.6. The van der Waals surface area contributed by atoms with Gasteiger partial charge >= 0.3 is 0 Å². The molecular weight excluding hydrogens is 997 g/mol. The predicted octanol–water partition coefficient (Wildman–Crippen LogP) is 7.51. The molecule has 400 valence electrons. The predicted molar refractivity (Wildman–Crippen MR) is 300 cm³/mol. The first kappa shape index (κ1) is 55.4. The number of amides is 6. The summed E-state index contributed by atoms with van der Waals surface area (Å²) in [5, 5.41) is 25.2. The first-order valence-electron chi connectivity index (χ1n) is 25.9. The highest BCUT2D eigenvalue weighted by molar-refractivity contribution is 7.10. The number of nitrogens with one attached hydrogen (secondary N) is 6. The van der Waals surface area contributed by atoms with E-state index in [2.05, 4.69) is 31.9 Å². The number of rotatable bonds is 16. The van der Waals surface area contributed by atoms with Crippen LogP contribution in [0.15, 0.2) is 108 Å². The van der Waals surface area contributed by atoms with Gasteiger partial charge in [-0.1, -0.05) is 114 Å². The number of aromatic nitrogens is 2. The third-order valence-electron chi connectivity index (χ3n) is 14.4. The fourth-order valence-corrected chi connectivity index (χ4v) is 11.6. The van der Waals surface area contributed by atoms with Crippen molar-refractivity contribution < 1.29 is 28.8 Å². The molecule has 2 aromatic heterocycles. The monoisotopic (exact) mass is 1070 g/mol. The van der Waals surface area contributed by atoms with E-state index in [9.17, 15) is 28.8 Å². The molecule has 2 aliphatic heterocycles. The van der Waals surface area contributed by atoms with Crippen LogP contribution in [0.2, 0.25) is 0 Å². The van der Waals surface area contributed by atoms with Gasteiger partial charge in [-0.3, -0.25) is 28.8 Å². The number of carbonyl (C=O) groups is 6. The zero-order valence-corrected chi connectivity index (χ0v) is 46.5. The Hall–Kier alpha value is -6.86. The molecule has 4 heterocycles. The average molecular weight is 1070 g/mol. The van der Waals surface area contributed by atoms with E-state index < -0.39 is 59.2 Å². The van der Waals surface area contributed by atoms with E-state index in [1.54, 1.807) is 62.0 Å². The third kappa shape index (κ3) is 12.5. The molecule has 8 rings (SSSR count). The van der Waals surface area contributed by atoms with Gasteiger partial charge in [0.25, 0.3) is 11.8 Å². The van der Waals surface area contributed by atoms with E-state index in [0.717, 1.165) is 43.3 Å². The Labute approximate surface area is 453 Å². The van der Waals surface area contributed by atoms with E-state index in [-0.39, 0.29) is 48.5 Å². The molecule has 0 unspecified atom stereocenters. The Kier molecular flexibility index (Phi) is 16.9.